The molecule has 0 aliphatic carbocycles. The Morgan fingerprint density at radius 2 is 0.806 bits per heavy atom. The number of hydrogen-bond donors (Lipinski definition) is 2. The highest BCUT2D eigenvalue weighted by Gasteiger charge is 2.23. The third-order valence-corrected chi connectivity index (χ3v) is 14.7. The van der Waals surface area contributed by atoms with Crippen molar-refractivity contribution in [1.82, 2.24) is 5.32 Å². The van der Waals surface area contributed by atoms with Crippen LogP contribution in [0.4, 0.5) is 0 Å². The minimum Gasteiger partial charge on any atom is -0.756 e. The lowest BCUT2D eigenvalue weighted by Crippen LogP contribution is -2.45. The number of phosphoric ester groups is 1. The molecule has 9 heteroatoms. The van der Waals surface area contributed by atoms with Crippen LogP contribution in [0.2, 0.25) is 0 Å². The highest BCUT2D eigenvalue weighted by molar-refractivity contribution is 7.45. The Morgan fingerprint density at radius 1 is 0.507 bits per heavy atom. The number of allylic oxidation sites excluding steroid dienone is 1. The molecule has 400 valence electrons. The fourth-order valence-electron chi connectivity index (χ4n) is 9.10. The van der Waals surface area contributed by atoms with Gasteiger partial charge in [-0.15, -0.1) is 0 Å². The van der Waals surface area contributed by atoms with Gasteiger partial charge in [0.1, 0.15) is 13.2 Å². The summed E-state index contributed by atoms with van der Waals surface area (Å²) in [6.45, 7) is 4.67. The lowest BCUT2D eigenvalue weighted by atomic mass is 10.0. The first kappa shape index (κ1) is 66.2. The van der Waals surface area contributed by atoms with Gasteiger partial charge >= 0.3 is 0 Å². The van der Waals surface area contributed by atoms with Crippen LogP contribution in [0.1, 0.15) is 303 Å². The van der Waals surface area contributed by atoms with Gasteiger partial charge in [-0.3, -0.25) is 9.36 Å². The van der Waals surface area contributed by atoms with Crippen molar-refractivity contribution in [3.05, 3.63) is 12.2 Å². The molecule has 8 nitrogen and oxygen atoms in total. The quantitative estimate of drug-likeness (QED) is 0.0272. The zero-order chi connectivity index (χ0) is 49.2. The summed E-state index contributed by atoms with van der Waals surface area (Å²) in [6, 6.07) is -0.880. The molecule has 0 aliphatic rings. The normalized spacial score (nSPS) is 14.0. The Hall–Kier alpha value is -0.760. The second kappa shape index (κ2) is 50.2. The van der Waals surface area contributed by atoms with Gasteiger partial charge in [-0.25, -0.2) is 0 Å². The highest BCUT2D eigenvalue weighted by atomic mass is 31.2. The lowest BCUT2D eigenvalue weighted by molar-refractivity contribution is -0.870. The van der Waals surface area contributed by atoms with E-state index < -0.39 is 20.0 Å². The van der Waals surface area contributed by atoms with E-state index in [0.717, 1.165) is 38.5 Å². The molecule has 0 radical (unpaired) electrons. The van der Waals surface area contributed by atoms with E-state index in [0.29, 0.717) is 17.4 Å². The summed E-state index contributed by atoms with van der Waals surface area (Å²) in [4.78, 5) is 25.4. The van der Waals surface area contributed by atoms with Gasteiger partial charge < -0.3 is 28.8 Å². The molecule has 0 aromatic rings. The molecule has 0 spiro atoms. The van der Waals surface area contributed by atoms with Crippen LogP contribution in [0.5, 0.6) is 0 Å². The number of nitrogens with zero attached hydrogens (tertiary/aromatic N) is 1. The number of aliphatic hydroxyl groups excluding tert-OH is 1. The molecule has 0 aromatic heterocycles. The van der Waals surface area contributed by atoms with Crippen LogP contribution in [-0.4, -0.2) is 68.5 Å². The Labute approximate surface area is 418 Å². The summed E-state index contributed by atoms with van der Waals surface area (Å²) >= 11 is 0. The number of rotatable bonds is 55. The van der Waals surface area contributed by atoms with Gasteiger partial charge in [0.15, 0.2) is 0 Å². The van der Waals surface area contributed by atoms with Crippen molar-refractivity contribution in [3.8, 4) is 0 Å². The van der Waals surface area contributed by atoms with Crippen molar-refractivity contribution in [2.75, 3.05) is 40.9 Å². The molecule has 1 amide bonds. The number of nitrogens with one attached hydrogen (secondary N) is 1. The Bertz CT molecular complexity index is 1100. The van der Waals surface area contributed by atoms with Crippen LogP contribution >= 0.6 is 7.82 Å². The molecule has 0 saturated carbocycles. The summed E-state index contributed by atoms with van der Waals surface area (Å²) in [5.41, 5.74) is 0. The molecule has 3 unspecified atom stereocenters. The van der Waals surface area contributed by atoms with Gasteiger partial charge in [0.05, 0.1) is 39.9 Å². The van der Waals surface area contributed by atoms with Gasteiger partial charge in [-0.1, -0.05) is 289 Å². The maximum absolute atomic E-state index is 12.9. The fourth-order valence-corrected chi connectivity index (χ4v) is 9.82. The smallest absolute Gasteiger partial charge is 0.268 e. The first-order valence-corrected chi connectivity index (χ1v) is 31.0. The largest absolute Gasteiger partial charge is 0.756 e. The van der Waals surface area contributed by atoms with Crippen LogP contribution < -0.4 is 10.2 Å². The topological polar surface area (TPSA) is 108 Å². The summed E-state index contributed by atoms with van der Waals surface area (Å²) in [5.74, 6) is -0.192. The highest BCUT2D eigenvalue weighted by Crippen LogP contribution is 2.38. The third-order valence-electron chi connectivity index (χ3n) is 13.7. The molecule has 0 saturated heterocycles. The zero-order valence-electron chi connectivity index (χ0n) is 45.6. The van der Waals surface area contributed by atoms with Gasteiger partial charge in [0, 0.05) is 6.42 Å². The van der Waals surface area contributed by atoms with E-state index in [4.69, 9.17) is 9.05 Å². The summed E-state index contributed by atoms with van der Waals surface area (Å²) in [6.07, 6.45) is 61.8. The minimum atomic E-state index is -4.59. The molecule has 0 rings (SSSR count). The summed E-state index contributed by atoms with van der Waals surface area (Å²) in [7, 11) is 1.28. The summed E-state index contributed by atoms with van der Waals surface area (Å²) < 4.78 is 23.3. The van der Waals surface area contributed by atoms with Crippen LogP contribution in [0.15, 0.2) is 12.2 Å². The predicted molar refractivity (Wildman–Crippen MR) is 289 cm³/mol. The van der Waals surface area contributed by atoms with Gasteiger partial charge in [-0.05, 0) is 19.3 Å². The van der Waals surface area contributed by atoms with E-state index >= 15 is 0 Å². The number of likely N-dealkylation sites (N-methyl/N-ethyl adjacent to an activating group) is 1. The van der Waals surface area contributed by atoms with Gasteiger partial charge in [-0.2, -0.15) is 0 Å². The number of unbranched alkanes of at least 4 members (excludes halogenated alkanes) is 42. The molecular formula is C58H117N2O6P. The number of carbonyl (C=O) groups is 1. The first-order chi connectivity index (χ1) is 32.5. The molecule has 0 aliphatic heterocycles. The van der Waals surface area contributed by atoms with Crippen molar-refractivity contribution in [1.29, 1.82) is 0 Å². The van der Waals surface area contributed by atoms with Gasteiger partial charge in [0.2, 0.25) is 5.91 Å². The first-order valence-electron chi connectivity index (χ1n) is 29.6. The second-order valence-electron chi connectivity index (χ2n) is 21.7. The molecule has 0 aromatic carbocycles. The maximum atomic E-state index is 12.9. The monoisotopic (exact) mass is 969 g/mol. The minimum absolute atomic E-state index is 0.00222. The van der Waals surface area contributed by atoms with E-state index in [2.05, 4.69) is 19.2 Å². The van der Waals surface area contributed by atoms with Crippen LogP contribution in [0, 0.1) is 0 Å². The van der Waals surface area contributed by atoms with Crippen molar-refractivity contribution in [2.24, 2.45) is 0 Å². The molecule has 3 atom stereocenters. The standard InChI is InChI=1S/C58H117N2O6P/c1-6-8-10-12-14-16-18-19-20-21-22-23-24-25-26-27-28-29-30-31-32-33-34-35-36-37-38-39-40-42-44-46-48-50-52-58(62)59-56(55-66-67(63,64)65-54-53-60(3,4)5)57(61)51-49-47-45-43-41-17-15-13-11-9-7-2/h49,51,56-57,61H,6-48,50,52-55H2,1-5H3,(H-,59,62,63,64)/b51-49+. The molecular weight excluding hydrogens is 852 g/mol. The van der Waals surface area contributed by atoms with E-state index in [1.54, 1.807) is 6.08 Å². The number of carbonyl (C=O) groups excluding carboxylic acids is 1. The molecule has 0 fully saturated rings. The molecule has 2 N–H and O–H groups in total. The Kier molecular flexibility index (Phi) is 49.6. The van der Waals surface area contributed by atoms with E-state index in [1.807, 2.05) is 27.2 Å². The molecule has 0 heterocycles. The van der Waals surface area contributed by atoms with Gasteiger partial charge in [0.25, 0.3) is 7.82 Å². The third kappa shape index (κ3) is 52.9. The van der Waals surface area contributed by atoms with E-state index in [9.17, 15) is 19.4 Å². The average molecular weight is 970 g/mol. The second-order valence-corrected chi connectivity index (χ2v) is 23.1. The number of quaternary nitrogens is 1. The SMILES string of the molecule is CCCCCCCCCCC/C=C/C(O)C(COP(=O)([O-])OCC[N+](C)(C)C)NC(=O)CCCCCCCCCCCCCCCCCCCCCCCCCCCCCCCCCCCC. The van der Waals surface area contributed by atoms with Crippen LogP contribution in [0.3, 0.4) is 0 Å². The number of aliphatic hydroxyl groups is 1. The van der Waals surface area contributed by atoms with Crippen LogP contribution in [0.25, 0.3) is 0 Å². The van der Waals surface area contributed by atoms with E-state index in [1.165, 1.54) is 244 Å². The van der Waals surface area contributed by atoms with Crippen molar-refractivity contribution in [2.45, 2.75) is 315 Å². The predicted octanol–water partition coefficient (Wildman–Crippen LogP) is 17.2. The molecule has 67 heavy (non-hydrogen) atoms. The molecule has 0 bridgehead atoms. The van der Waals surface area contributed by atoms with Crippen molar-refractivity contribution >= 4 is 13.7 Å². The number of phosphoric acid groups is 1. The lowest BCUT2D eigenvalue weighted by Gasteiger charge is -2.29. The Morgan fingerprint density at radius 3 is 1.12 bits per heavy atom. The van der Waals surface area contributed by atoms with Crippen LogP contribution in [-0.2, 0) is 18.4 Å². The van der Waals surface area contributed by atoms with Crippen molar-refractivity contribution in [3.63, 3.8) is 0 Å². The van der Waals surface area contributed by atoms with E-state index in [-0.39, 0.29) is 19.1 Å². The number of hydrogen-bond acceptors (Lipinski definition) is 6. The zero-order valence-corrected chi connectivity index (χ0v) is 46.5. The maximum Gasteiger partial charge on any atom is 0.268 e. The fraction of sp³-hybridized carbons (Fsp3) is 0.948. The Balaban J connectivity index is 3.88. The van der Waals surface area contributed by atoms with Crippen molar-refractivity contribution < 1.29 is 32.9 Å². The summed E-state index contributed by atoms with van der Waals surface area (Å²) in [5, 5.41) is 13.8. The average Bonchev–Trinajstić information content (AvgIpc) is 3.29. The number of amides is 1.